The van der Waals surface area contributed by atoms with Crippen LogP contribution in [0.3, 0.4) is 0 Å². The van der Waals surface area contributed by atoms with Crippen LogP contribution in [0.25, 0.3) is 65.3 Å². The molecule has 0 aromatic heterocycles. The van der Waals surface area contributed by atoms with Gasteiger partial charge in [-0.25, -0.2) is 0 Å². The van der Waals surface area contributed by atoms with Crippen LogP contribution >= 0.6 is 0 Å². The molecule has 0 unspecified atom stereocenters. The molecule has 0 atom stereocenters. The Bertz CT molecular complexity index is 2340. The fourth-order valence-electron chi connectivity index (χ4n) is 7.66. The molecule has 2 aliphatic rings. The molecule has 8 aromatic rings. The first-order valence-corrected chi connectivity index (χ1v) is 14.7. The van der Waals surface area contributed by atoms with Crippen molar-refractivity contribution in [2.45, 2.75) is 0 Å². The van der Waals surface area contributed by atoms with Gasteiger partial charge in [0.25, 0.3) is 0 Å². The van der Waals surface area contributed by atoms with E-state index in [1.54, 1.807) is 0 Å². The number of hydrogen-bond acceptors (Lipinski definition) is 1. The molecular weight excluding hydrogens is 505 g/mol. The molecule has 2 heterocycles. The molecule has 192 valence electrons. The smallest absolute Gasteiger partial charge is 0.329 e. The third-order valence-corrected chi connectivity index (χ3v) is 9.53. The van der Waals surface area contributed by atoms with Gasteiger partial charge in [-0.15, -0.1) is 0 Å². The van der Waals surface area contributed by atoms with Crippen LogP contribution in [0.4, 0.5) is 11.4 Å². The standard InChI is InChI=1S/C40H24BN/c1-4-13-29-22-36-33(19-26(29)10-1)34-20-27-11-3-6-15-31(27)24-39(34)42-38-18-17-25-9-7-8-16-32(25)40(38)35-21-28-12-2-5-14-30(28)23-37(35)41(36)42/h1-24H. The lowest BCUT2D eigenvalue weighted by molar-refractivity contribution is 1.37. The second-order valence-electron chi connectivity index (χ2n) is 11.7. The molecule has 10 rings (SSSR count). The Morgan fingerprint density at radius 1 is 0.357 bits per heavy atom. The zero-order chi connectivity index (χ0) is 27.4. The fraction of sp³-hybridized carbons (Fsp3) is 0. The first-order chi connectivity index (χ1) is 20.8. The van der Waals surface area contributed by atoms with Gasteiger partial charge in [0.05, 0.1) is 0 Å². The van der Waals surface area contributed by atoms with Gasteiger partial charge in [0.2, 0.25) is 0 Å². The molecule has 8 aromatic carbocycles. The summed E-state index contributed by atoms with van der Waals surface area (Å²) in [6.07, 6.45) is 0. The highest BCUT2D eigenvalue weighted by Crippen LogP contribution is 2.49. The van der Waals surface area contributed by atoms with E-state index in [4.69, 9.17) is 0 Å². The lowest BCUT2D eigenvalue weighted by Gasteiger charge is -2.44. The largest absolute Gasteiger partial charge is 0.376 e. The maximum atomic E-state index is 2.64. The predicted molar refractivity (Wildman–Crippen MR) is 181 cm³/mol. The summed E-state index contributed by atoms with van der Waals surface area (Å²) < 4.78 is 0. The molecule has 0 radical (unpaired) electrons. The molecule has 42 heavy (non-hydrogen) atoms. The van der Waals surface area contributed by atoms with Gasteiger partial charge in [0.1, 0.15) is 0 Å². The van der Waals surface area contributed by atoms with Crippen LogP contribution in [0.5, 0.6) is 0 Å². The van der Waals surface area contributed by atoms with Gasteiger partial charge in [-0.3, -0.25) is 0 Å². The number of nitrogens with zero attached hydrogens (tertiary/aromatic N) is 1. The van der Waals surface area contributed by atoms with Crippen molar-refractivity contribution in [3.8, 4) is 22.3 Å². The topological polar surface area (TPSA) is 3.24 Å². The zero-order valence-electron chi connectivity index (χ0n) is 22.9. The Balaban J connectivity index is 1.41. The van der Waals surface area contributed by atoms with E-state index in [0.717, 1.165) is 0 Å². The Morgan fingerprint density at radius 3 is 1.48 bits per heavy atom. The van der Waals surface area contributed by atoms with E-state index in [2.05, 4.69) is 150 Å². The van der Waals surface area contributed by atoms with Gasteiger partial charge in [-0.2, -0.15) is 0 Å². The average molecular weight is 529 g/mol. The molecule has 1 nitrogen and oxygen atoms in total. The Labute approximate surface area is 244 Å². The van der Waals surface area contributed by atoms with E-state index in [1.165, 1.54) is 87.6 Å². The maximum absolute atomic E-state index is 2.64. The van der Waals surface area contributed by atoms with Crippen LogP contribution in [0.2, 0.25) is 0 Å². The van der Waals surface area contributed by atoms with Crippen molar-refractivity contribution in [1.82, 2.24) is 0 Å². The van der Waals surface area contributed by atoms with Crippen LogP contribution in [0.1, 0.15) is 0 Å². The molecule has 0 amide bonds. The van der Waals surface area contributed by atoms with Crippen LogP contribution in [-0.4, -0.2) is 6.85 Å². The predicted octanol–water partition coefficient (Wildman–Crippen LogP) is 9.20. The Morgan fingerprint density at radius 2 is 0.833 bits per heavy atom. The minimum Gasteiger partial charge on any atom is -0.376 e. The summed E-state index contributed by atoms with van der Waals surface area (Å²) in [4.78, 5) is 2.64. The van der Waals surface area contributed by atoms with Gasteiger partial charge in [-0.05, 0) is 95.5 Å². The summed E-state index contributed by atoms with van der Waals surface area (Å²) in [5, 5.41) is 10.3. The minimum absolute atomic E-state index is 0.0616. The molecule has 0 aliphatic carbocycles. The molecule has 0 N–H and O–H groups in total. The quantitative estimate of drug-likeness (QED) is 0.177. The van der Waals surface area contributed by atoms with E-state index in [9.17, 15) is 0 Å². The van der Waals surface area contributed by atoms with Gasteiger partial charge in [-0.1, -0.05) is 115 Å². The Hall–Kier alpha value is -5.34. The second kappa shape index (κ2) is 8.12. The highest BCUT2D eigenvalue weighted by atomic mass is 15.1. The molecule has 0 bridgehead atoms. The summed E-state index contributed by atoms with van der Waals surface area (Å²) in [5.41, 5.74) is 10.6. The lowest BCUT2D eigenvalue weighted by Crippen LogP contribution is -2.59. The van der Waals surface area contributed by atoms with E-state index in [1.807, 2.05) is 0 Å². The number of hydrogen-bond donors (Lipinski definition) is 0. The maximum Gasteiger partial charge on any atom is 0.329 e. The van der Waals surface area contributed by atoms with Crippen LogP contribution < -0.4 is 15.7 Å². The normalized spacial score (nSPS) is 13.1. The van der Waals surface area contributed by atoms with Gasteiger partial charge < -0.3 is 4.81 Å². The molecule has 0 saturated carbocycles. The number of fused-ring (bicyclic) bond motifs is 16. The van der Waals surface area contributed by atoms with Crippen LogP contribution in [-0.2, 0) is 0 Å². The van der Waals surface area contributed by atoms with Crippen molar-refractivity contribution >= 4 is 72.2 Å². The number of rotatable bonds is 0. The molecule has 0 fully saturated rings. The van der Waals surface area contributed by atoms with E-state index < -0.39 is 0 Å². The monoisotopic (exact) mass is 529 g/mol. The molecule has 2 aliphatic heterocycles. The van der Waals surface area contributed by atoms with Crippen molar-refractivity contribution in [1.29, 1.82) is 0 Å². The van der Waals surface area contributed by atoms with E-state index in [-0.39, 0.29) is 6.85 Å². The number of benzene rings is 8. The van der Waals surface area contributed by atoms with Gasteiger partial charge in [0.15, 0.2) is 0 Å². The molecular formula is C40H24BN. The van der Waals surface area contributed by atoms with Gasteiger partial charge in [0, 0.05) is 22.5 Å². The number of anilines is 2. The highest BCUT2D eigenvalue weighted by molar-refractivity contribution is 6.93. The first-order valence-electron chi connectivity index (χ1n) is 14.7. The summed E-state index contributed by atoms with van der Waals surface area (Å²) in [7, 11) is 0. The SMILES string of the molecule is c1ccc2cc3c(cc2c1)B1c2cc4ccccc4cc2-c2c(ccc4ccccc24)N1c1cc2ccccc2cc1-3. The van der Waals surface area contributed by atoms with Crippen molar-refractivity contribution in [3.63, 3.8) is 0 Å². The molecule has 2 heteroatoms. The first kappa shape index (κ1) is 22.4. The van der Waals surface area contributed by atoms with Crippen molar-refractivity contribution < 1.29 is 0 Å². The minimum atomic E-state index is 0.0616. The van der Waals surface area contributed by atoms with E-state index >= 15 is 0 Å². The summed E-state index contributed by atoms with van der Waals surface area (Å²) >= 11 is 0. The molecule has 0 saturated heterocycles. The third kappa shape index (κ3) is 2.94. The van der Waals surface area contributed by atoms with Crippen LogP contribution in [0, 0.1) is 0 Å². The summed E-state index contributed by atoms with van der Waals surface area (Å²) in [6, 6.07) is 54.5. The van der Waals surface area contributed by atoms with Crippen molar-refractivity contribution in [3.05, 3.63) is 146 Å². The Kier molecular flexibility index (Phi) is 4.32. The van der Waals surface area contributed by atoms with E-state index in [0.29, 0.717) is 0 Å². The zero-order valence-corrected chi connectivity index (χ0v) is 22.9. The van der Waals surface area contributed by atoms with Crippen molar-refractivity contribution in [2.24, 2.45) is 0 Å². The summed E-state index contributed by atoms with van der Waals surface area (Å²) in [6.45, 7) is 0.0616. The lowest BCUT2D eigenvalue weighted by atomic mass is 9.42. The average Bonchev–Trinajstić information content (AvgIpc) is 3.05. The second-order valence-corrected chi connectivity index (χ2v) is 11.7. The highest BCUT2D eigenvalue weighted by Gasteiger charge is 2.43. The third-order valence-electron chi connectivity index (χ3n) is 9.53. The molecule has 0 spiro atoms. The van der Waals surface area contributed by atoms with Gasteiger partial charge >= 0.3 is 6.85 Å². The fourth-order valence-corrected chi connectivity index (χ4v) is 7.66. The van der Waals surface area contributed by atoms with Crippen LogP contribution in [0.15, 0.2) is 146 Å². The van der Waals surface area contributed by atoms with Crippen molar-refractivity contribution in [2.75, 3.05) is 4.81 Å². The summed E-state index contributed by atoms with van der Waals surface area (Å²) in [5.74, 6) is 0.